The van der Waals surface area contributed by atoms with Gasteiger partial charge in [0.05, 0.1) is 13.2 Å². The maximum Gasteiger partial charge on any atom is 0.314 e. The zero-order valence-corrected chi connectivity index (χ0v) is 40.4. The Hall–Kier alpha value is -5.70. The molecule has 0 atom stereocenters. The molecule has 0 aliphatic carbocycles. The molecular weight excluding hydrogens is 841 g/mol. The summed E-state index contributed by atoms with van der Waals surface area (Å²) in [6, 6.07) is 39.7. The van der Waals surface area contributed by atoms with Crippen LogP contribution >= 0.6 is 0 Å². The molecule has 0 aromatic heterocycles. The van der Waals surface area contributed by atoms with Crippen LogP contribution in [-0.4, -0.2) is 51.5 Å². The van der Waals surface area contributed by atoms with E-state index in [9.17, 15) is 9.59 Å². The fourth-order valence-electron chi connectivity index (χ4n) is 10.2. The maximum atomic E-state index is 12.2. The van der Waals surface area contributed by atoms with E-state index in [2.05, 4.69) is 130 Å². The van der Waals surface area contributed by atoms with Crippen LogP contribution in [0.3, 0.4) is 0 Å². The van der Waals surface area contributed by atoms with E-state index in [1.165, 1.54) is 114 Å². The zero-order chi connectivity index (χ0) is 46.6. The van der Waals surface area contributed by atoms with E-state index in [1.807, 2.05) is 0 Å². The Bertz CT molecular complexity index is 2560. The third-order valence-electron chi connectivity index (χ3n) is 13.9. The first kappa shape index (κ1) is 48.7. The molecule has 0 heterocycles. The lowest BCUT2D eigenvalue weighted by molar-refractivity contribution is 0.117. The number of carbonyl (C=O) groups is 2. The topological polar surface area (TPSA) is 101 Å². The summed E-state index contributed by atoms with van der Waals surface area (Å²) in [5.41, 5.74) is 2.50. The highest BCUT2D eigenvalue weighted by Crippen LogP contribution is 2.37. The van der Waals surface area contributed by atoms with Crippen molar-refractivity contribution in [1.29, 1.82) is 0 Å². The fraction of sp³-hybridized carbons (Fsp3) is 0.433. The van der Waals surface area contributed by atoms with Crippen LogP contribution < -0.4 is 21.3 Å². The minimum absolute atomic E-state index is 0.0472. The average molecular weight is 915 g/mol. The number of hydrogen-bond donors (Lipinski definition) is 4. The van der Waals surface area contributed by atoms with Crippen molar-refractivity contribution in [2.24, 2.45) is 0 Å². The van der Waals surface area contributed by atoms with E-state index in [0.717, 1.165) is 103 Å². The van der Waals surface area contributed by atoms with Crippen molar-refractivity contribution in [3.05, 3.63) is 120 Å². The van der Waals surface area contributed by atoms with Crippen molar-refractivity contribution in [2.45, 2.75) is 129 Å². The molecule has 8 aromatic carbocycles. The van der Waals surface area contributed by atoms with Crippen LogP contribution in [0.5, 0.6) is 0 Å². The number of carbonyl (C=O) groups excluding carboxylic acids is 2. The van der Waals surface area contributed by atoms with Crippen LogP contribution in [0.25, 0.3) is 64.6 Å². The first-order chi connectivity index (χ1) is 33.6. The van der Waals surface area contributed by atoms with Crippen LogP contribution in [0.2, 0.25) is 0 Å². The summed E-state index contributed by atoms with van der Waals surface area (Å²) in [6.45, 7) is 5.68. The number of rotatable bonds is 31. The Morgan fingerprint density at radius 2 is 0.588 bits per heavy atom. The van der Waals surface area contributed by atoms with Gasteiger partial charge in [-0.3, -0.25) is 0 Å². The van der Waals surface area contributed by atoms with E-state index >= 15 is 0 Å². The lowest BCUT2D eigenvalue weighted by Crippen LogP contribution is -2.36. The number of amides is 4. The number of nitrogens with one attached hydrogen (secondary N) is 4. The first-order valence-corrected chi connectivity index (χ1v) is 26.1. The van der Waals surface area contributed by atoms with Gasteiger partial charge in [-0.1, -0.05) is 186 Å². The van der Waals surface area contributed by atoms with Crippen molar-refractivity contribution in [2.75, 3.05) is 39.4 Å². The van der Waals surface area contributed by atoms with E-state index in [1.54, 1.807) is 0 Å². The second kappa shape index (κ2) is 26.2. The molecular formula is C60H74N4O4. The summed E-state index contributed by atoms with van der Waals surface area (Å²) in [7, 11) is 0. The molecule has 4 amide bonds. The molecule has 8 nitrogen and oxygen atoms in total. The van der Waals surface area contributed by atoms with Crippen LogP contribution in [0.1, 0.15) is 127 Å². The summed E-state index contributed by atoms with van der Waals surface area (Å²) in [4.78, 5) is 24.4. The molecule has 0 bridgehead atoms. The molecule has 4 N–H and O–H groups in total. The van der Waals surface area contributed by atoms with Gasteiger partial charge in [0.2, 0.25) is 0 Å². The number of hydrogen-bond acceptors (Lipinski definition) is 4. The van der Waals surface area contributed by atoms with Gasteiger partial charge in [-0.25, -0.2) is 9.59 Å². The molecule has 0 fully saturated rings. The molecule has 0 aliphatic rings. The number of ether oxygens (including phenoxy) is 2. The first-order valence-electron chi connectivity index (χ1n) is 26.1. The van der Waals surface area contributed by atoms with Gasteiger partial charge in [-0.15, -0.1) is 0 Å². The van der Waals surface area contributed by atoms with Gasteiger partial charge in [0.1, 0.15) is 0 Å². The van der Waals surface area contributed by atoms with Gasteiger partial charge in [-0.2, -0.15) is 0 Å². The summed E-state index contributed by atoms with van der Waals surface area (Å²) < 4.78 is 12.2. The molecule has 0 radical (unpaired) electrons. The average Bonchev–Trinajstić information content (AvgIpc) is 3.36. The van der Waals surface area contributed by atoms with Gasteiger partial charge >= 0.3 is 12.1 Å². The van der Waals surface area contributed by atoms with Crippen LogP contribution in [0.15, 0.2) is 109 Å². The zero-order valence-electron chi connectivity index (χ0n) is 40.4. The van der Waals surface area contributed by atoms with Gasteiger partial charge in [0.15, 0.2) is 0 Å². The number of unbranched alkanes of at least 4 members (excludes halogenated alkanes) is 15. The molecule has 8 heteroatoms. The summed E-state index contributed by atoms with van der Waals surface area (Å²) in [5, 5.41) is 27.8. The van der Waals surface area contributed by atoms with Crippen LogP contribution in [-0.2, 0) is 22.7 Å². The molecule has 0 saturated carbocycles. The minimum atomic E-state index is -0.0472. The van der Waals surface area contributed by atoms with Gasteiger partial charge in [-0.05, 0) is 114 Å². The number of benzene rings is 8. The van der Waals surface area contributed by atoms with Crippen molar-refractivity contribution >= 4 is 76.7 Å². The molecule has 0 saturated heterocycles. The predicted octanol–water partition coefficient (Wildman–Crippen LogP) is 14.8. The molecule has 0 spiro atoms. The Morgan fingerprint density at radius 1 is 0.309 bits per heavy atom. The Kier molecular flexibility index (Phi) is 18.8. The monoisotopic (exact) mass is 915 g/mol. The molecule has 8 aromatic rings. The fourth-order valence-corrected chi connectivity index (χ4v) is 10.2. The second-order valence-electron chi connectivity index (χ2n) is 19.0. The van der Waals surface area contributed by atoms with E-state index in [-0.39, 0.29) is 12.1 Å². The second-order valence-corrected chi connectivity index (χ2v) is 19.0. The van der Waals surface area contributed by atoms with E-state index in [4.69, 9.17) is 9.47 Å². The standard InChI is InChI=1S/C60H74N4O4/c65-59(63-39-15-9-11-17-41-67-43-51-31-29-49-27-25-45-21-19-23-47-33-35-53(51)57(49)55(45)47)61-37-13-7-5-3-1-2-4-6-8-14-38-62-60(66)64-40-16-10-12-18-42-68-44-52-32-30-50-28-26-46-22-20-24-48-34-36-54(52)58(50)56(46)48/h19-36H,1-18,37-44H2,(H2,61,63,65)(H2,62,64,66). The lowest BCUT2D eigenvalue weighted by Gasteiger charge is -2.14. The highest BCUT2D eigenvalue weighted by Gasteiger charge is 2.13. The molecule has 8 rings (SSSR count). The van der Waals surface area contributed by atoms with Crippen molar-refractivity contribution in [3.8, 4) is 0 Å². The molecule has 0 aliphatic heterocycles. The molecule has 68 heavy (non-hydrogen) atoms. The Labute approximate surface area is 404 Å². The quantitative estimate of drug-likeness (QED) is 0.0257. The summed E-state index contributed by atoms with van der Waals surface area (Å²) in [6.07, 6.45) is 20.3. The SMILES string of the molecule is O=C(NCCCCCCCCCCCCNC(=O)NCCCCCCOCc1ccc2ccc3cccc4ccc1c2c34)NCCCCCCOCc1ccc2ccc3cccc4ccc1c2c34. The Balaban J connectivity index is 0.533. The minimum Gasteiger partial charge on any atom is -0.377 e. The number of urea groups is 2. The largest absolute Gasteiger partial charge is 0.377 e. The van der Waals surface area contributed by atoms with Gasteiger partial charge < -0.3 is 30.7 Å². The highest BCUT2D eigenvalue weighted by molar-refractivity contribution is 6.24. The van der Waals surface area contributed by atoms with Gasteiger partial charge in [0.25, 0.3) is 0 Å². The van der Waals surface area contributed by atoms with E-state index < -0.39 is 0 Å². The van der Waals surface area contributed by atoms with Crippen LogP contribution in [0.4, 0.5) is 9.59 Å². The van der Waals surface area contributed by atoms with E-state index in [0.29, 0.717) is 26.3 Å². The Morgan fingerprint density at radius 3 is 0.941 bits per heavy atom. The predicted molar refractivity (Wildman–Crippen MR) is 286 cm³/mol. The molecule has 0 unspecified atom stereocenters. The maximum absolute atomic E-state index is 12.2. The lowest BCUT2D eigenvalue weighted by atomic mass is 9.92. The smallest absolute Gasteiger partial charge is 0.314 e. The third-order valence-corrected chi connectivity index (χ3v) is 13.9. The van der Waals surface area contributed by atoms with Crippen molar-refractivity contribution in [3.63, 3.8) is 0 Å². The summed E-state index contributed by atoms with van der Waals surface area (Å²) in [5.74, 6) is 0. The van der Waals surface area contributed by atoms with Crippen LogP contribution in [0, 0.1) is 0 Å². The third kappa shape index (κ3) is 13.5. The van der Waals surface area contributed by atoms with Crippen molar-refractivity contribution in [1.82, 2.24) is 21.3 Å². The molecule has 358 valence electrons. The highest BCUT2D eigenvalue weighted by atomic mass is 16.5. The normalized spacial score (nSPS) is 11.8. The van der Waals surface area contributed by atoms with Gasteiger partial charge in [0, 0.05) is 39.4 Å². The summed E-state index contributed by atoms with van der Waals surface area (Å²) >= 11 is 0. The van der Waals surface area contributed by atoms with Crippen molar-refractivity contribution < 1.29 is 19.1 Å².